The lowest BCUT2D eigenvalue weighted by Gasteiger charge is -2.15. The summed E-state index contributed by atoms with van der Waals surface area (Å²) in [4.78, 5) is 84.9. The first-order valence-corrected chi connectivity index (χ1v) is 20.4. The number of benzene rings is 2. The van der Waals surface area contributed by atoms with Crippen molar-refractivity contribution in [1.29, 1.82) is 0 Å². The average Bonchev–Trinajstić information content (AvgIpc) is 3.24. The van der Waals surface area contributed by atoms with Crippen molar-refractivity contribution in [3.8, 4) is 22.3 Å². The summed E-state index contributed by atoms with van der Waals surface area (Å²) in [6.45, 7) is 10.1. The molecular formula is C44H46N10O4. The molecule has 0 N–H and O–H groups in total. The molecule has 0 fully saturated rings. The molecule has 0 radical (unpaired) electrons. The maximum Gasteiger partial charge on any atom is 0.263 e. The van der Waals surface area contributed by atoms with Gasteiger partial charge in [-0.15, -0.1) is 0 Å². The number of nitrogens with zero attached hydrogens (tertiary/aromatic N) is 10. The minimum absolute atomic E-state index is 0.209. The van der Waals surface area contributed by atoms with Gasteiger partial charge in [0.05, 0.1) is 46.9 Å². The number of hydrogen-bond donors (Lipinski definition) is 0. The second-order valence-corrected chi connectivity index (χ2v) is 14.9. The quantitative estimate of drug-likeness (QED) is 0.105. The van der Waals surface area contributed by atoms with Crippen molar-refractivity contribution in [2.24, 2.45) is 0 Å². The van der Waals surface area contributed by atoms with E-state index in [1.165, 1.54) is 25.3 Å². The molecule has 0 aliphatic carbocycles. The predicted octanol–water partition coefficient (Wildman–Crippen LogP) is 7.00. The van der Waals surface area contributed by atoms with Gasteiger partial charge in [-0.1, -0.05) is 77.6 Å². The molecule has 6 heterocycles. The van der Waals surface area contributed by atoms with Crippen LogP contribution in [0.25, 0.3) is 77.2 Å². The maximum atomic E-state index is 14.3. The van der Waals surface area contributed by atoms with Crippen LogP contribution in [-0.4, -0.2) is 48.2 Å². The first-order valence-electron chi connectivity index (χ1n) is 20.4. The summed E-state index contributed by atoms with van der Waals surface area (Å²) >= 11 is 0. The normalized spacial score (nSPS) is 11.9. The summed E-state index contributed by atoms with van der Waals surface area (Å²) in [6.07, 6.45) is 12.7. The van der Waals surface area contributed by atoms with E-state index < -0.39 is 0 Å². The van der Waals surface area contributed by atoms with Crippen molar-refractivity contribution in [2.75, 3.05) is 0 Å². The summed E-state index contributed by atoms with van der Waals surface area (Å²) in [6, 6.07) is 11.5. The number of fused-ring (bicyclic) bond motifs is 5. The van der Waals surface area contributed by atoms with Crippen LogP contribution in [0.5, 0.6) is 0 Å². The summed E-state index contributed by atoms with van der Waals surface area (Å²) < 4.78 is 6.32. The van der Waals surface area contributed by atoms with Crippen LogP contribution >= 0.6 is 0 Å². The summed E-state index contributed by atoms with van der Waals surface area (Å²) in [5.41, 5.74) is 1.76. The van der Waals surface area contributed by atoms with E-state index in [2.05, 4.69) is 57.6 Å². The van der Waals surface area contributed by atoms with E-state index in [1.54, 1.807) is 18.3 Å². The number of aryl methyl sites for hydroxylation is 4. The molecule has 14 nitrogen and oxygen atoms in total. The average molecular weight is 779 g/mol. The van der Waals surface area contributed by atoms with Crippen LogP contribution in [0.4, 0.5) is 0 Å². The zero-order valence-corrected chi connectivity index (χ0v) is 33.4. The van der Waals surface area contributed by atoms with Crippen molar-refractivity contribution in [2.45, 2.75) is 105 Å². The molecule has 0 spiro atoms. The van der Waals surface area contributed by atoms with Gasteiger partial charge in [-0.3, -0.25) is 37.4 Å². The summed E-state index contributed by atoms with van der Waals surface area (Å²) in [7, 11) is 0. The molecule has 0 saturated heterocycles. The van der Waals surface area contributed by atoms with Gasteiger partial charge in [0.1, 0.15) is 0 Å². The topological polar surface area (TPSA) is 165 Å². The lowest BCUT2D eigenvalue weighted by Crippen LogP contribution is -2.25. The Bertz CT molecular complexity index is 2760. The summed E-state index contributed by atoms with van der Waals surface area (Å²) in [5.74, 6) is 0. The SMILES string of the molecule is CCCCn1cnc2nc3ncn(CCCC)c(=O)c3c(-c3ccc4ccc(-c5c6c(=O)n(CCCC)cnc6nc6ncn(CCCC)c(=O)c56)cc4c3)c2c1=O. The van der Waals surface area contributed by atoms with Gasteiger partial charge >= 0.3 is 0 Å². The Hall–Kier alpha value is -6.44. The van der Waals surface area contributed by atoms with Crippen molar-refractivity contribution in [3.63, 3.8) is 0 Å². The predicted molar refractivity (Wildman–Crippen MR) is 228 cm³/mol. The minimum atomic E-state index is -0.284. The third-order valence-electron chi connectivity index (χ3n) is 10.9. The van der Waals surface area contributed by atoms with Gasteiger partial charge in [-0.2, -0.15) is 0 Å². The Morgan fingerprint density at radius 1 is 0.414 bits per heavy atom. The first kappa shape index (κ1) is 38.4. The fraction of sp³-hybridized carbons (Fsp3) is 0.364. The molecule has 0 saturated carbocycles. The highest BCUT2D eigenvalue weighted by molar-refractivity contribution is 6.10. The zero-order valence-electron chi connectivity index (χ0n) is 33.4. The van der Waals surface area contributed by atoms with E-state index in [-0.39, 0.29) is 66.4 Å². The van der Waals surface area contributed by atoms with Crippen molar-refractivity contribution in [1.82, 2.24) is 48.2 Å². The van der Waals surface area contributed by atoms with Crippen molar-refractivity contribution < 1.29 is 0 Å². The van der Waals surface area contributed by atoms with E-state index in [1.807, 2.05) is 36.4 Å². The van der Waals surface area contributed by atoms with E-state index >= 15 is 0 Å². The molecule has 0 amide bonds. The molecule has 8 rings (SSSR count). The molecule has 0 aliphatic rings. The molecule has 0 aliphatic heterocycles. The van der Waals surface area contributed by atoms with Crippen molar-refractivity contribution >= 4 is 54.9 Å². The molecule has 0 bridgehead atoms. The number of pyridine rings is 2. The lowest BCUT2D eigenvalue weighted by molar-refractivity contribution is 0.606. The highest BCUT2D eigenvalue weighted by Gasteiger charge is 2.23. The molecule has 2 aromatic carbocycles. The zero-order chi connectivity index (χ0) is 40.5. The second-order valence-electron chi connectivity index (χ2n) is 14.9. The van der Waals surface area contributed by atoms with Crippen LogP contribution < -0.4 is 22.2 Å². The van der Waals surface area contributed by atoms with Crippen molar-refractivity contribution in [3.05, 3.63) is 103 Å². The largest absolute Gasteiger partial charge is 0.299 e. The Labute approximate surface area is 332 Å². The van der Waals surface area contributed by atoms with Gasteiger partial charge in [0.2, 0.25) is 0 Å². The molecule has 8 aromatic rings. The Morgan fingerprint density at radius 2 is 0.707 bits per heavy atom. The maximum absolute atomic E-state index is 14.3. The fourth-order valence-corrected chi connectivity index (χ4v) is 7.67. The number of aromatic nitrogens is 10. The van der Waals surface area contributed by atoms with E-state index in [0.717, 1.165) is 62.1 Å². The lowest BCUT2D eigenvalue weighted by atomic mass is 9.94. The monoisotopic (exact) mass is 778 g/mol. The van der Waals surface area contributed by atoms with Crippen LogP contribution in [0.1, 0.15) is 79.1 Å². The van der Waals surface area contributed by atoms with Gasteiger partial charge in [-0.25, -0.2) is 29.9 Å². The van der Waals surface area contributed by atoms with Gasteiger partial charge in [0.25, 0.3) is 22.2 Å². The Kier molecular flexibility index (Phi) is 10.7. The van der Waals surface area contributed by atoms with E-state index in [9.17, 15) is 19.2 Å². The van der Waals surface area contributed by atoms with Gasteiger partial charge < -0.3 is 0 Å². The summed E-state index contributed by atoms with van der Waals surface area (Å²) in [5, 5.41) is 2.61. The number of hydrogen-bond acceptors (Lipinski definition) is 10. The Morgan fingerprint density at radius 3 is 0.983 bits per heavy atom. The van der Waals surface area contributed by atoms with Gasteiger partial charge in [-0.05, 0) is 59.7 Å². The van der Waals surface area contributed by atoms with Crippen LogP contribution in [0.2, 0.25) is 0 Å². The smallest absolute Gasteiger partial charge is 0.263 e. The first-order chi connectivity index (χ1) is 28.3. The molecule has 6 aromatic heterocycles. The standard InChI is InChI=1S/C44H46N10O4/c1-5-9-17-51-23-45-37-33(41(51)55)31(34-38(49-37)46-24-52(42(34)56)18-10-6-2)28-15-13-27-14-16-29(22-30(27)21-28)32-35-39(47-25-53(43(35)57)19-11-7-3)50-40-36(32)44(58)54(26-48-40)20-12-8-4/h13-16,21-26H,5-12,17-20H2,1-4H3. The van der Waals surface area contributed by atoms with Gasteiger partial charge in [0, 0.05) is 37.3 Å². The highest BCUT2D eigenvalue weighted by atomic mass is 16.1. The van der Waals surface area contributed by atoms with Crippen LogP contribution in [-0.2, 0) is 26.2 Å². The van der Waals surface area contributed by atoms with E-state index in [4.69, 9.17) is 0 Å². The fourth-order valence-electron chi connectivity index (χ4n) is 7.67. The molecule has 0 unspecified atom stereocenters. The van der Waals surface area contributed by atoms with Crippen LogP contribution in [0, 0.1) is 0 Å². The molecular weight excluding hydrogens is 733 g/mol. The molecule has 296 valence electrons. The second kappa shape index (κ2) is 16.2. The molecule has 58 heavy (non-hydrogen) atoms. The number of unbranched alkanes of at least 4 members (excludes halogenated alkanes) is 4. The number of rotatable bonds is 14. The molecule has 14 heteroatoms. The van der Waals surface area contributed by atoms with Crippen LogP contribution in [0.3, 0.4) is 0 Å². The third kappa shape index (κ3) is 6.75. The van der Waals surface area contributed by atoms with E-state index in [0.29, 0.717) is 48.4 Å². The third-order valence-corrected chi connectivity index (χ3v) is 10.9. The molecule has 0 atom stereocenters. The minimum Gasteiger partial charge on any atom is -0.299 e. The van der Waals surface area contributed by atoms with Crippen LogP contribution in [0.15, 0.2) is 80.9 Å². The Balaban J connectivity index is 1.44. The highest BCUT2D eigenvalue weighted by Crippen LogP contribution is 2.36. The van der Waals surface area contributed by atoms with Gasteiger partial charge in [0.15, 0.2) is 22.6 Å².